The lowest BCUT2D eigenvalue weighted by Crippen LogP contribution is -2.75. The number of nitrogens with one attached hydrogen (secondary N) is 2. The first-order valence-corrected chi connectivity index (χ1v) is 31.5. The second-order valence-electron chi connectivity index (χ2n) is 23.6. The number of carboxylic acids is 1. The van der Waals surface area contributed by atoms with Crippen molar-refractivity contribution in [1.29, 1.82) is 0 Å². The number of ether oxygens (including phenoxy) is 5. The molecule has 0 aliphatic carbocycles. The number of alkyl halides is 2. The maximum atomic E-state index is 17.3. The predicted molar refractivity (Wildman–Crippen MR) is 305 cm³/mol. The topological polar surface area (TPSA) is 364 Å². The van der Waals surface area contributed by atoms with Crippen LogP contribution < -0.4 is 10.6 Å². The minimum atomic E-state index is -5.08. The lowest BCUT2D eigenvalue weighted by molar-refractivity contribution is -0.378. The van der Waals surface area contributed by atoms with E-state index in [1.165, 1.54) is 109 Å². The molecule has 0 aromatic carbocycles. The maximum Gasteiger partial charge on any atom is 0.342 e. The average molecular weight is 1220 g/mol. The number of carbonyl (C=O) groups excluding carboxylic acids is 2. The molecule has 3 rings (SSSR count). The Morgan fingerprint density at radius 2 is 1.15 bits per heavy atom. The van der Waals surface area contributed by atoms with Crippen LogP contribution in [0, 0.1) is 5.92 Å². The third-order valence-electron chi connectivity index (χ3n) is 16.7. The smallest absolute Gasteiger partial charge is 0.342 e. The van der Waals surface area contributed by atoms with Crippen LogP contribution in [0.2, 0.25) is 0 Å². The van der Waals surface area contributed by atoms with Gasteiger partial charge in [-0.2, -0.15) is 0 Å². The number of allylic oxidation sites excluding steroid dienone is 1. The van der Waals surface area contributed by atoms with E-state index < -0.39 is 160 Å². The van der Waals surface area contributed by atoms with Crippen LogP contribution in [0.25, 0.3) is 0 Å². The van der Waals surface area contributed by atoms with Crippen molar-refractivity contribution in [3.8, 4) is 0 Å². The Morgan fingerprint density at radius 3 is 1.63 bits per heavy atom. The van der Waals surface area contributed by atoms with Crippen molar-refractivity contribution in [2.24, 2.45) is 5.92 Å². The molecule has 3 aliphatic rings. The molecule has 22 nitrogen and oxygen atoms in total. The molecular weight excluding hydrogens is 1110 g/mol. The Hall–Kier alpha value is -2.63. The van der Waals surface area contributed by atoms with Crippen LogP contribution >= 0.6 is 0 Å². The molecule has 0 bridgehead atoms. The van der Waals surface area contributed by atoms with Gasteiger partial charge in [0, 0.05) is 19.8 Å². The normalized spacial score (nSPS) is 30.0. The van der Waals surface area contributed by atoms with Gasteiger partial charge in [0.1, 0.15) is 54.9 Å². The zero-order valence-electron chi connectivity index (χ0n) is 50.2. The summed E-state index contributed by atoms with van der Waals surface area (Å²) >= 11 is 0. The molecule has 3 saturated heterocycles. The van der Waals surface area contributed by atoms with Crippen LogP contribution in [0.1, 0.15) is 207 Å². The molecule has 18 atom stereocenters. The van der Waals surface area contributed by atoms with E-state index in [9.17, 15) is 75.7 Å². The fraction of sp³-hybridized carbons (Fsp3) is 0.917. The van der Waals surface area contributed by atoms with E-state index in [1.807, 2.05) is 6.08 Å². The minimum absolute atomic E-state index is 0.163. The van der Waals surface area contributed by atoms with Gasteiger partial charge in [0.2, 0.25) is 17.4 Å². The number of aliphatic carboxylic acids is 1. The molecule has 0 radical (unpaired) electrons. The number of carboxylic acid groups (broad SMARTS) is 1. The highest BCUT2D eigenvalue weighted by atomic mass is 19.3. The first-order chi connectivity index (χ1) is 40.2. The highest BCUT2D eigenvalue weighted by molar-refractivity contribution is 5.80. The SMILES string of the molecule is CCCCCCCCCCCCC/C=C/[C@@H](O)[C@H](CO[C@@H]1O[C@H](CO)[C@@H](O[C@@H]2O[C@H](CO)[C@H](O)[C@H](C(F)(F)[C@]3(C(=O)O)C[C@H](O)[C@@H](NC(C)=O)[C@H]([C@H](O)[C@H](O)CO)O3)[C@H]2O)[C@H](O)[C@H]1O)NC(=O)CCCCCCCCCCCCCCCCC. The van der Waals surface area contributed by atoms with E-state index in [0.29, 0.717) is 12.8 Å². The van der Waals surface area contributed by atoms with Crippen LogP contribution in [0.4, 0.5) is 8.78 Å². The fourth-order valence-electron chi connectivity index (χ4n) is 11.6. The summed E-state index contributed by atoms with van der Waals surface area (Å²) in [6.45, 7) is 1.34. The predicted octanol–water partition coefficient (Wildman–Crippen LogP) is 4.07. The minimum Gasteiger partial charge on any atom is -0.479 e. The summed E-state index contributed by atoms with van der Waals surface area (Å²) in [7, 11) is 0. The number of hydrogen-bond donors (Lipinski definition) is 14. The quantitative estimate of drug-likeness (QED) is 0.0302. The molecule has 492 valence electrons. The van der Waals surface area contributed by atoms with Gasteiger partial charge in [-0.15, -0.1) is 0 Å². The summed E-state index contributed by atoms with van der Waals surface area (Å²) in [5.74, 6) is -12.0. The number of carbonyl (C=O) groups is 3. The van der Waals surface area contributed by atoms with Crippen LogP contribution in [-0.2, 0) is 38.1 Å². The highest BCUT2D eigenvalue weighted by Crippen LogP contribution is 2.51. The number of hydrogen-bond acceptors (Lipinski definition) is 19. The van der Waals surface area contributed by atoms with Gasteiger partial charge in [0.15, 0.2) is 12.6 Å². The second kappa shape index (κ2) is 40.8. The molecule has 0 saturated carbocycles. The molecule has 3 aliphatic heterocycles. The Morgan fingerprint density at radius 1 is 0.667 bits per heavy atom. The second-order valence-corrected chi connectivity index (χ2v) is 23.6. The number of aliphatic hydroxyl groups excluding tert-OH is 11. The molecule has 14 N–H and O–H groups in total. The molecule has 3 fully saturated rings. The van der Waals surface area contributed by atoms with Crippen LogP contribution in [0.5, 0.6) is 0 Å². The van der Waals surface area contributed by atoms with Crippen molar-refractivity contribution in [3.63, 3.8) is 0 Å². The molecule has 24 heteroatoms. The summed E-state index contributed by atoms with van der Waals surface area (Å²) < 4.78 is 62.8. The lowest BCUT2D eigenvalue weighted by atomic mass is 9.71. The first kappa shape index (κ1) is 75.6. The molecule has 0 unspecified atom stereocenters. The maximum absolute atomic E-state index is 17.3. The first-order valence-electron chi connectivity index (χ1n) is 31.5. The van der Waals surface area contributed by atoms with Crippen LogP contribution in [0.3, 0.4) is 0 Å². The number of halogens is 2. The standard InChI is InChI=1S/C60H108F2N2O20/c1-4-6-8-10-12-14-16-18-19-21-23-25-27-29-31-33-46(72)64-40(41(69)32-30-28-26-24-22-20-17-15-13-11-9-7-5-2)38-80-56-53(77)52(76)54(45(37-67)82-56)83-57-51(75)47(50(74)44(36-66)81-57)60(61,62)59(58(78)79)34-42(70)48(63-39(3)68)55(84-59)49(73)43(71)35-65/h30,32,40-45,47-57,65-67,69-71,73-77H,4-29,31,33-38H2,1-3H3,(H,63,68)(H,64,72)(H,78,79)/b32-30+/t40-,41+,42-,43+,44+,45+,47-,48+,49+,50-,51+,52+,53+,54+,55+,56+,57-,59+/m0/s1. The van der Waals surface area contributed by atoms with Crippen molar-refractivity contribution in [2.75, 3.05) is 26.4 Å². The van der Waals surface area contributed by atoms with Crippen molar-refractivity contribution in [2.45, 2.75) is 316 Å². The zero-order chi connectivity index (χ0) is 62.2. The number of aliphatic hydroxyl groups is 11. The van der Waals surface area contributed by atoms with Crippen LogP contribution in [0.15, 0.2) is 12.2 Å². The van der Waals surface area contributed by atoms with Gasteiger partial charge in [-0.1, -0.05) is 180 Å². The Bertz CT molecular complexity index is 1830. The zero-order valence-corrected chi connectivity index (χ0v) is 50.2. The number of amides is 2. The monoisotopic (exact) mass is 1210 g/mol. The lowest BCUT2D eigenvalue weighted by Gasteiger charge is -2.54. The molecule has 0 aromatic rings. The van der Waals surface area contributed by atoms with Gasteiger partial charge in [-0.3, -0.25) is 9.59 Å². The van der Waals surface area contributed by atoms with Crippen LogP contribution in [-0.4, -0.2) is 215 Å². The molecule has 3 heterocycles. The molecule has 0 aromatic heterocycles. The third-order valence-corrected chi connectivity index (χ3v) is 16.7. The summed E-state index contributed by atoms with van der Waals surface area (Å²) in [4.78, 5) is 38.4. The van der Waals surface area contributed by atoms with Gasteiger partial charge < -0.3 is 95.6 Å². The summed E-state index contributed by atoms with van der Waals surface area (Å²) in [5, 5.41) is 135. The van der Waals surface area contributed by atoms with E-state index in [-0.39, 0.29) is 12.3 Å². The summed E-state index contributed by atoms with van der Waals surface area (Å²) in [6, 6.07) is -2.95. The van der Waals surface area contributed by atoms with E-state index in [2.05, 4.69) is 24.5 Å². The Kier molecular flexibility index (Phi) is 36.7. The summed E-state index contributed by atoms with van der Waals surface area (Å²) in [5.41, 5.74) is -4.02. The van der Waals surface area contributed by atoms with Crippen molar-refractivity contribution in [3.05, 3.63) is 12.2 Å². The van der Waals surface area contributed by atoms with E-state index in [4.69, 9.17) is 23.7 Å². The highest BCUT2D eigenvalue weighted by Gasteiger charge is 2.73. The van der Waals surface area contributed by atoms with Gasteiger partial charge in [0.05, 0.1) is 62.7 Å². The largest absolute Gasteiger partial charge is 0.479 e. The summed E-state index contributed by atoms with van der Waals surface area (Å²) in [6.07, 6.45) is 2.46. The Labute approximate surface area is 496 Å². The molecule has 84 heavy (non-hydrogen) atoms. The van der Waals surface area contributed by atoms with E-state index in [0.717, 1.165) is 58.3 Å². The van der Waals surface area contributed by atoms with Gasteiger partial charge in [-0.25, -0.2) is 13.6 Å². The Balaban J connectivity index is 1.72. The van der Waals surface area contributed by atoms with Crippen molar-refractivity contribution >= 4 is 17.8 Å². The average Bonchev–Trinajstić information content (AvgIpc) is 1.22. The van der Waals surface area contributed by atoms with Crippen molar-refractivity contribution < 1.29 is 108 Å². The molecule has 2 amide bonds. The van der Waals surface area contributed by atoms with Crippen molar-refractivity contribution in [1.82, 2.24) is 10.6 Å². The molecule has 0 spiro atoms. The number of rotatable bonds is 45. The third kappa shape index (κ3) is 23.7. The van der Waals surface area contributed by atoms with Gasteiger partial charge in [-0.05, 0) is 19.3 Å². The van der Waals surface area contributed by atoms with Gasteiger partial charge in [0.25, 0.3) is 5.92 Å². The van der Waals surface area contributed by atoms with Gasteiger partial charge >= 0.3 is 5.97 Å². The van der Waals surface area contributed by atoms with E-state index >= 15 is 8.78 Å². The number of unbranched alkanes of at least 4 members (excludes halogenated alkanes) is 25. The van der Waals surface area contributed by atoms with E-state index in [1.54, 1.807) is 6.08 Å². The fourth-order valence-corrected chi connectivity index (χ4v) is 11.6. The molecular formula is C60H108F2N2O20.